The first kappa shape index (κ1) is 18.2. The van der Waals surface area contributed by atoms with E-state index >= 15 is 0 Å². The average Bonchev–Trinajstić information content (AvgIpc) is 3.23. The molecule has 1 atom stereocenters. The molecule has 1 aliphatic heterocycles. The molecular formula is C18H25N5O3. The maximum atomic E-state index is 12.3. The van der Waals surface area contributed by atoms with E-state index in [1.165, 1.54) is 6.26 Å². The van der Waals surface area contributed by atoms with Gasteiger partial charge in [-0.1, -0.05) is 0 Å². The van der Waals surface area contributed by atoms with Crippen molar-refractivity contribution in [2.75, 3.05) is 31.5 Å². The van der Waals surface area contributed by atoms with Crippen LogP contribution in [0, 0.1) is 12.8 Å². The summed E-state index contributed by atoms with van der Waals surface area (Å²) in [6, 6.07) is 3.34. The highest BCUT2D eigenvalue weighted by Gasteiger charge is 2.23. The summed E-state index contributed by atoms with van der Waals surface area (Å²) in [7, 11) is 1.83. The molecule has 1 saturated heterocycles. The Balaban J connectivity index is 1.45. The van der Waals surface area contributed by atoms with Gasteiger partial charge in [-0.15, -0.1) is 0 Å². The van der Waals surface area contributed by atoms with E-state index in [2.05, 4.69) is 20.6 Å². The molecule has 0 spiro atoms. The summed E-state index contributed by atoms with van der Waals surface area (Å²) in [4.78, 5) is 26.4. The molecule has 2 aromatic heterocycles. The van der Waals surface area contributed by atoms with Crippen LogP contribution in [0.2, 0.25) is 0 Å². The summed E-state index contributed by atoms with van der Waals surface area (Å²) in [5, 5.41) is 10.0. The largest absolute Gasteiger partial charge is 0.459 e. The third kappa shape index (κ3) is 4.72. The molecule has 2 aromatic rings. The van der Waals surface area contributed by atoms with Gasteiger partial charge in [0.2, 0.25) is 5.91 Å². The van der Waals surface area contributed by atoms with Crippen molar-refractivity contribution in [1.29, 1.82) is 0 Å². The summed E-state index contributed by atoms with van der Waals surface area (Å²) >= 11 is 0. The average molecular weight is 359 g/mol. The number of carbonyl (C=O) groups is 2. The van der Waals surface area contributed by atoms with E-state index in [0.717, 1.165) is 37.3 Å². The predicted molar refractivity (Wildman–Crippen MR) is 96.8 cm³/mol. The van der Waals surface area contributed by atoms with Crippen molar-refractivity contribution in [3.8, 4) is 0 Å². The van der Waals surface area contributed by atoms with Gasteiger partial charge < -0.3 is 15.1 Å². The number of anilines is 1. The molecule has 140 valence electrons. The lowest BCUT2D eigenvalue weighted by Crippen LogP contribution is -2.43. The van der Waals surface area contributed by atoms with Gasteiger partial charge in [-0.05, 0) is 44.4 Å². The Kier molecular flexibility index (Phi) is 5.72. The summed E-state index contributed by atoms with van der Waals surface area (Å²) in [6.07, 6.45) is 5.34. The van der Waals surface area contributed by atoms with E-state index in [-0.39, 0.29) is 11.8 Å². The number of nitrogens with one attached hydrogen (secondary N) is 2. The third-order valence-corrected chi connectivity index (χ3v) is 4.55. The maximum absolute atomic E-state index is 12.3. The zero-order valence-corrected chi connectivity index (χ0v) is 15.2. The van der Waals surface area contributed by atoms with Gasteiger partial charge in [-0.2, -0.15) is 5.10 Å². The van der Waals surface area contributed by atoms with Crippen LogP contribution in [0.1, 0.15) is 29.1 Å². The molecule has 3 heterocycles. The second-order valence-corrected chi connectivity index (χ2v) is 6.78. The third-order valence-electron chi connectivity index (χ3n) is 4.55. The molecule has 26 heavy (non-hydrogen) atoms. The molecule has 0 radical (unpaired) electrons. The van der Waals surface area contributed by atoms with Crippen molar-refractivity contribution in [3.63, 3.8) is 0 Å². The maximum Gasteiger partial charge on any atom is 0.286 e. The zero-order chi connectivity index (χ0) is 18.5. The van der Waals surface area contributed by atoms with Crippen LogP contribution < -0.4 is 10.6 Å². The number of carbonyl (C=O) groups excluding carboxylic acids is 2. The van der Waals surface area contributed by atoms with Gasteiger partial charge in [-0.3, -0.25) is 19.2 Å². The summed E-state index contributed by atoms with van der Waals surface area (Å²) in [5.41, 5.74) is 1.55. The van der Waals surface area contributed by atoms with Crippen LogP contribution in [-0.4, -0.2) is 52.7 Å². The lowest BCUT2D eigenvalue weighted by Gasteiger charge is -2.32. The molecule has 8 heteroatoms. The number of furan rings is 1. The molecule has 0 aliphatic carbocycles. The Labute approximate surface area is 152 Å². The van der Waals surface area contributed by atoms with Crippen molar-refractivity contribution in [1.82, 2.24) is 20.0 Å². The molecule has 1 fully saturated rings. The van der Waals surface area contributed by atoms with Crippen molar-refractivity contribution in [3.05, 3.63) is 36.0 Å². The highest BCUT2D eigenvalue weighted by molar-refractivity contribution is 5.92. The Hall–Kier alpha value is -2.61. The SMILES string of the molecule is Cc1nn(C)cc1NC(=O)CN1CCCC(CNC(=O)c2ccco2)C1. The van der Waals surface area contributed by atoms with Crippen LogP contribution in [-0.2, 0) is 11.8 Å². The highest BCUT2D eigenvalue weighted by atomic mass is 16.3. The lowest BCUT2D eigenvalue weighted by atomic mass is 9.98. The number of piperidine rings is 1. The Bertz CT molecular complexity index is 753. The van der Waals surface area contributed by atoms with Crippen LogP contribution in [0.5, 0.6) is 0 Å². The number of amides is 2. The standard InChI is InChI=1S/C18H25N5O3/c1-13-15(11-22(2)21-13)20-17(24)12-23-7-3-5-14(10-23)9-19-18(25)16-6-4-8-26-16/h4,6,8,11,14H,3,5,7,9-10,12H2,1-2H3,(H,19,25)(H,20,24). The van der Waals surface area contributed by atoms with E-state index in [4.69, 9.17) is 4.42 Å². The lowest BCUT2D eigenvalue weighted by molar-refractivity contribution is -0.117. The molecule has 2 amide bonds. The fraction of sp³-hybridized carbons (Fsp3) is 0.500. The van der Waals surface area contributed by atoms with Gasteiger partial charge in [-0.25, -0.2) is 0 Å². The minimum absolute atomic E-state index is 0.0404. The van der Waals surface area contributed by atoms with Crippen molar-refractivity contribution in [2.24, 2.45) is 13.0 Å². The van der Waals surface area contributed by atoms with Crippen LogP contribution in [0.15, 0.2) is 29.0 Å². The fourth-order valence-corrected chi connectivity index (χ4v) is 3.31. The molecule has 2 N–H and O–H groups in total. The molecule has 0 saturated carbocycles. The smallest absolute Gasteiger partial charge is 0.286 e. The number of hydrogen-bond donors (Lipinski definition) is 2. The van der Waals surface area contributed by atoms with Crippen molar-refractivity contribution in [2.45, 2.75) is 19.8 Å². The van der Waals surface area contributed by atoms with E-state index in [0.29, 0.717) is 24.8 Å². The van der Waals surface area contributed by atoms with Crippen LogP contribution >= 0.6 is 0 Å². The Morgan fingerprint density at radius 3 is 2.96 bits per heavy atom. The second kappa shape index (κ2) is 8.18. The molecular weight excluding hydrogens is 334 g/mol. The van der Waals surface area contributed by atoms with E-state index in [1.54, 1.807) is 23.0 Å². The summed E-state index contributed by atoms with van der Waals surface area (Å²) < 4.78 is 6.78. The quantitative estimate of drug-likeness (QED) is 0.813. The number of aromatic nitrogens is 2. The van der Waals surface area contributed by atoms with Gasteiger partial charge in [0.15, 0.2) is 5.76 Å². The van der Waals surface area contributed by atoms with Gasteiger partial charge in [0.05, 0.1) is 24.2 Å². The van der Waals surface area contributed by atoms with E-state index < -0.39 is 0 Å². The predicted octanol–water partition coefficient (Wildman–Crippen LogP) is 1.40. The molecule has 3 rings (SSSR count). The molecule has 0 bridgehead atoms. The van der Waals surface area contributed by atoms with Crippen LogP contribution in [0.25, 0.3) is 0 Å². The van der Waals surface area contributed by atoms with Gasteiger partial charge in [0, 0.05) is 26.3 Å². The first-order valence-electron chi connectivity index (χ1n) is 8.85. The van der Waals surface area contributed by atoms with Crippen molar-refractivity contribution >= 4 is 17.5 Å². The highest BCUT2D eigenvalue weighted by Crippen LogP contribution is 2.17. The molecule has 1 aliphatic rings. The fourth-order valence-electron chi connectivity index (χ4n) is 3.31. The van der Waals surface area contributed by atoms with Gasteiger partial charge in [0.1, 0.15) is 0 Å². The topological polar surface area (TPSA) is 92.4 Å². The minimum atomic E-state index is -0.197. The van der Waals surface area contributed by atoms with Crippen LogP contribution in [0.4, 0.5) is 5.69 Å². The number of rotatable bonds is 6. The Morgan fingerprint density at radius 1 is 1.42 bits per heavy atom. The van der Waals surface area contributed by atoms with E-state index in [9.17, 15) is 9.59 Å². The van der Waals surface area contributed by atoms with E-state index in [1.807, 2.05) is 14.0 Å². The summed E-state index contributed by atoms with van der Waals surface area (Å²) in [5.74, 6) is 0.415. The number of likely N-dealkylation sites (tertiary alicyclic amines) is 1. The Morgan fingerprint density at radius 2 is 2.27 bits per heavy atom. The normalized spacial score (nSPS) is 17.8. The number of hydrogen-bond acceptors (Lipinski definition) is 5. The zero-order valence-electron chi connectivity index (χ0n) is 15.2. The monoisotopic (exact) mass is 359 g/mol. The summed E-state index contributed by atoms with van der Waals surface area (Å²) in [6.45, 7) is 4.48. The number of nitrogens with zero attached hydrogens (tertiary/aromatic N) is 3. The first-order chi connectivity index (χ1) is 12.5. The second-order valence-electron chi connectivity index (χ2n) is 6.78. The molecule has 1 unspecified atom stereocenters. The van der Waals surface area contributed by atoms with Crippen LogP contribution in [0.3, 0.4) is 0 Å². The van der Waals surface area contributed by atoms with Gasteiger partial charge in [0.25, 0.3) is 5.91 Å². The van der Waals surface area contributed by atoms with Gasteiger partial charge >= 0.3 is 0 Å². The first-order valence-corrected chi connectivity index (χ1v) is 8.85. The number of aryl methyl sites for hydroxylation is 2. The molecule has 8 nitrogen and oxygen atoms in total. The van der Waals surface area contributed by atoms with Crippen molar-refractivity contribution < 1.29 is 14.0 Å². The molecule has 0 aromatic carbocycles. The minimum Gasteiger partial charge on any atom is -0.459 e.